The Kier molecular flexibility index (Phi) is 2.27. The van der Waals surface area contributed by atoms with E-state index in [-0.39, 0.29) is 5.54 Å². The number of nitrogens with zero attached hydrogens (tertiary/aromatic N) is 2. The van der Waals surface area contributed by atoms with E-state index in [1.165, 1.54) is 12.8 Å². The molecule has 0 amide bonds. The highest BCUT2D eigenvalue weighted by Crippen LogP contribution is 2.40. The SMILES string of the molecule is Cc1nccc(C2(N)CCCC2C)n1. The van der Waals surface area contributed by atoms with Crippen LogP contribution in [0.2, 0.25) is 0 Å². The summed E-state index contributed by atoms with van der Waals surface area (Å²) >= 11 is 0. The van der Waals surface area contributed by atoms with Crippen LogP contribution in [0.4, 0.5) is 0 Å². The first-order chi connectivity index (χ1) is 6.63. The molecule has 1 aromatic heterocycles. The van der Waals surface area contributed by atoms with Gasteiger partial charge in [-0.1, -0.05) is 13.3 Å². The van der Waals surface area contributed by atoms with Crippen molar-refractivity contribution in [3.8, 4) is 0 Å². The van der Waals surface area contributed by atoms with E-state index in [4.69, 9.17) is 5.73 Å². The van der Waals surface area contributed by atoms with Gasteiger partial charge in [-0.2, -0.15) is 0 Å². The summed E-state index contributed by atoms with van der Waals surface area (Å²) in [6, 6.07) is 1.95. The second kappa shape index (κ2) is 3.31. The molecule has 1 fully saturated rings. The van der Waals surface area contributed by atoms with Crippen molar-refractivity contribution in [1.82, 2.24) is 9.97 Å². The van der Waals surface area contributed by atoms with Crippen LogP contribution in [-0.2, 0) is 5.54 Å². The zero-order valence-corrected chi connectivity index (χ0v) is 8.83. The highest BCUT2D eigenvalue weighted by atomic mass is 14.9. The van der Waals surface area contributed by atoms with E-state index < -0.39 is 0 Å². The quantitative estimate of drug-likeness (QED) is 0.736. The topological polar surface area (TPSA) is 51.8 Å². The van der Waals surface area contributed by atoms with Crippen LogP contribution in [0.5, 0.6) is 0 Å². The van der Waals surface area contributed by atoms with E-state index in [2.05, 4.69) is 16.9 Å². The van der Waals surface area contributed by atoms with Gasteiger partial charge in [0.2, 0.25) is 0 Å². The second-order valence-corrected chi connectivity index (χ2v) is 4.32. The summed E-state index contributed by atoms with van der Waals surface area (Å²) in [7, 11) is 0. The van der Waals surface area contributed by atoms with Crippen LogP contribution in [0.1, 0.15) is 37.7 Å². The fourth-order valence-electron chi connectivity index (χ4n) is 2.30. The average molecular weight is 191 g/mol. The number of hydrogen-bond acceptors (Lipinski definition) is 3. The van der Waals surface area contributed by atoms with Crippen LogP contribution >= 0.6 is 0 Å². The Morgan fingerprint density at radius 1 is 1.57 bits per heavy atom. The molecule has 1 saturated carbocycles. The van der Waals surface area contributed by atoms with Crippen LogP contribution in [0.3, 0.4) is 0 Å². The van der Waals surface area contributed by atoms with Crippen molar-refractivity contribution in [2.75, 3.05) is 0 Å². The Labute approximate surface area is 84.8 Å². The van der Waals surface area contributed by atoms with E-state index in [0.29, 0.717) is 5.92 Å². The van der Waals surface area contributed by atoms with Gasteiger partial charge in [0.05, 0.1) is 11.2 Å². The lowest BCUT2D eigenvalue weighted by atomic mass is 9.86. The Hall–Kier alpha value is -0.960. The Morgan fingerprint density at radius 3 is 2.93 bits per heavy atom. The minimum Gasteiger partial charge on any atom is -0.320 e. The van der Waals surface area contributed by atoms with E-state index >= 15 is 0 Å². The number of aromatic nitrogens is 2. The van der Waals surface area contributed by atoms with E-state index in [0.717, 1.165) is 17.9 Å². The molecule has 1 aliphatic rings. The van der Waals surface area contributed by atoms with Gasteiger partial charge in [-0.05, 0) is 31.7 Å². The fourth-order valence-corrected chi connectivity index (χ4v) is 2.30. The first-order valence-corrected chi connectivity index (χ1v) is 5.22. The van der Waals surface area contributed by atoms with Gasteiger partial charge in [-0.25, -0.2) is 9.97 Å². The van der Waals surface area contributed by atoms with Crippen molar-refractivity contribution >= 4 is 0 Å². The first-order valence-electron chi connectivity index (χ1n) is 5.22. The normalized spacial score (nSPS) is 32.1. The lowest BCUT2D eigenvalue weighted by molar-refractivity contribution is 0.338. The number of hydrogen-bond donors (Lipinski definition) is 1. The molecular weight excluding hydrogens is 174 g/mol. The maximum absolute atomic E-state index is 6.40. The standard InChI is InChI=1S/C11H17N3/c1-8-4-3-6-11(8,12)10-5-7-13-9(2)14-10/h5,7-8H,3-4,6,12H2,1-2H3. The average Bonchev–Trinajstić information content (AvgIpc) is 2.49. The maximum Gasteiger partial charge on any atom is 0.125 e. The van der Waals surface area contributed by atoms with Gasteiger partial charge >= 0.3 is 0 Å². The van der Waals surface area contributed by atoms with Crippen LogP contribution in [-0.4, -0.2) is 9.97 Å². The second-order valence-electron chi connectivity index (χ2n) is 4.32. The molecule has 0 saturated heterocycles. The summed E-state index contributed by atoms with van der Waals surface area (Å²) in [5.41, 5.74) is 7.20. The summed E-state index contributed by atoms with van der Waals surface area (Å²) < 4.78 is 0. The molecule has 0 radical (unpaired) electrons. The fraction of sp³-hybridized carbons (Fsp3) is 0.636. The zero-order chi connectivity index (χ0) is 10.2. The first kappa shape index (κ1) is 9.59. The minimum absolute atomic E-state index is 0.215. The molecule has 3 heteroatoms. The van der Waals surface area contributed by atoms with Crippen molar-refractivity contribution in [2.45, 2.75) is 38.6 Å². The Morgan fingerprint density at radius 2 is 2.36 bits per heavy atom. The highest BCUT2D eigenvalue weighted by Gasteiger charge is 2.39. The van der Waals surface area contributed by atoms with Gasteiger partial charge in [-0.3, -0.25) is 0 Å². The molecule has 0 aliphatic heterocycles. The molecule has 76 valence electrons. The zero-order valence-electron chi connectivity index (χ0n) is 8.83. The molecular formula is C11H17N3. The smallest absolute Gasteiger partial charge is 0.125 e. The van der Waals surface area contributed by atoms with E-state index in [9.17, 15) is 0 Å². The van der Waals surface area contributed by atoms with Gasteiger partial charge in [0, 0.05) is 6.20 Å². The number of aryl methyl sites for hydroxylation is 1. The minimum atomic E-state index is -0.215. The summed E-state index contributed by atoms with van der Waals surface area (Å²) in [5.74, 6) is 1.34. The van der Waals surface area contributed by atoms with Crippen LogP contribution in [0.15, 0.2) is 12.3 Å². The van der Waals surface area contributed by atoms with Crippen LogP contribution < -0.4 is 5.73 Å². The van der Waals surface area contributed by atoms with Gasteiger partial charge in [0.15, 0.2) is 0 Å². The summed E-state index contributed by atoms with van der Waals surface area (Å²) in [5, 5.41) is 0. The lowest BCUT2D eigenvalue weighted by Crippen LogP contribution is -2.40. The Bertz CT molecular complexity index is 337. The molecule has 2 atom stereocenters. The van der Waals surface area contributed by atoms with Crippen molar-refractivity contribution in [3.05, 3.63) is 23.8 Å². The summed E-state index contributed by atoms with van der Waals surface area (Å²) in [6.07, 6.45) is 5.27. The molecule has 2 N–H and O–H groups in total. The molecule has 1 heterocycles. The maximum atomic E-state index is 6.40. The number of nitrogens with two attached hydrogens (primary N) is 1. The van der Waals surface area contributed by atoms with Crippen LogP contribution in [0.25, 0.3) is 0 Å². The Balaban J connectivity index is 2.38. The molecule has 1 aromatic rings. The predicted octanol–water partition coefficient (Wildman–Crippen LogP) is 1.76. The third-order valence-corrected chi connectivity index (χ3v) is 3.36. The molecule has 3 nitrogen and oxygen atoms in total. The lowest BCUT2D eigenvalue weighted by Gasteiger charge is -2.28. The van der Waals surface area contributed by atoms with Gasteiger partial charge < -0.3 is 5.73 Å². The van der Waals surface area contributed by atoms with E-state index in [1.807, 2.05) is 13.0 Å². The van der Waals surface area contributed by atoms with Crippen LogP contribution in [0, 0.1) is 12.8 Å². The van der Waals surface area contributed by atoms with E-state index in [1.54, 1.807) is 6.20 Å². The molecule has 14 heavy (non-hydrogen) atoms. The molecule has 1 aliphatic carbocycles. The highest BCUT2D eigenvalue weighted by molar-refractivity contribution is 5.17. The molecule has 2 unspecified atom stereocenters. The van der Waals surface area contributed by atoms with Crippen molar-refractivity contribution in [3.63, 3.8) is 0 Å². The van der Waals surface area contributed by atoms with Gasteiger partial charge in [-0.15, -0.1) is 0 Å². The number of rotatable bonds is 1. The van der Waals surface area contributed by atoms with Crippen molar-refractivity contribution < 1.29 is 0 Å². The molecule has 2 rings (SSSR count). The molecule has 0 bridgehead atoms. The third-order valence-electron chi connectivity index (χ3n) is 3.36. The molecule has 0 spiro atoms. The van der Waals surface area contributed by atoms with Crippen molar-refractivity contribution in [2.24, 2.45) is 11.7 Å². The predicted molar refractivity (Wildman–Crippen MR) is 55.6 cm³/mol. The largest absolute Gasteiger partial charge is 0.320 e. The summed E-state index contributed by atoms with van der Waals surface area (Å²) in [6.45, 7) is 4.12. The monoisotopic (exact) mass is 191 g/mol. The third kappa shape index (κ3) is 1.42. The van der Waals surface area contributed by atoms with Gasteiger partial charge in [0.25, 0.3) is 0 Å². The van der Waals surface area contributed by atoms with Gasteiger partial charge in [0.1, 0.15) is 5.82 Å². The van der Waals surface area contributed by atoms with Crippen molar-refractivity contribution in [1.29, 1.82) is 0 Å². The summed E-state index contributed by atoms with van der Waals surface area (Å²) in [4.78, 5) is 8.54. The molecule has 0 aromatic carbocycles.